The zero-order valence-corrected chi connectivity index (χ0v) is 10.2. The number of carbonyl (C=O) groups is 1. The Labute approximate surface area is 92.1 Å². The molecule has 3 heteroatoms. The second-order valence-corrected chi connectivity index (χ2v) is 5.11. The fourth-order valence-corrected chi connectivity index (χ4v) is 2.19. The molecule has 0 spiro atoms. The van der Waals surface area contributed by atoms with Crippen molar-refractivity contribution >= 4 is 5.97 Å². The maximum Gasteiger partial charge on any atom is 0.308 e. The van der Waals surface area contributed by atoms with Crippen molar-refractivity contribution in [1.82, 2.24) is 0 Å². The number of carbonyl (C=O) groups excluding carboxylic acids is 1. The maximum absolute atomic E-state index is 11.2. The second-order valence-electron chi connectivity index (χ2n) is 5.11. The third-order valence-corrected chi connectivity index (χ3v) is 2.93. The van der Waals surface area contributed by atoms with E-state index in [4.69, 9.17) is 4.74 Å². The van der Waals surface area contributed by atoms with E-state index in [-0.39, 0.29) is 11.6 Å². The van der Waals surface area contributed by atoms with E-state index in [2.05, 4.69) is 18.6 Å². The minimum absolute atomic E-state index is 0.178. The van der Waals surface area contributed by atoms with Crippen LogP contribution in [0.15, 0.2) is 0 Å². The highest BCUT2D eigenvalue weighted by atomic mass is 16.5. The molecule has 1 aliphatic heterocycles. The Kier molecular flexibility index (Phi) is 4.14. The van der Waals surface area contributed by atoms with Gasteiger partial charge in [0.15, 0.2) is 0 Å². The summed E-state index contributed by atoms with van der Waals surface area (Å²) in [6.07, 6.45) is 3.79. The molecule has 0 amide bonds. The molecule has 0 bridgehead atoms. The molecule has 15 heavy (non-hydrogen) atoms. The summed E-state index contributed by atoms with van der Waals surface area (Å²) in [5.74, 6) is 0.471. The van der Waals surface area contributed by atoms with Gasteiger partial charge < -0.3 is 9.47 Å². The molecule has 0 N–H and O–H groups in total. The van der Waals surface area contributed by atoms with E-state index in [1.54, 1.807) is 0 Å². The second kappa shape index (κ2) is 4.97. The number of hydrogen-bond donors (Lipinski definition) is 0. The van der Waals surface area contributed by atoms with Crippen molar-refractivity contribution < 1.29 is 14.3 Å². The summed E-state index contributed by atoms with van der Waals surface area (Å²) in [4.78, 5) is 11.2. The van der Waals surface area contributed by atoms with Crippen LogP contribution in [0.2, 0.25) is 0 Å². The van der Waals surface area contributed by atoms with Gasteiger partial charge in [-0.15, -0.1) is 0 Å². The topological polar surface area (TPSA) is 35.5 Å². The first-order chi connectivity index (χ1) is 6.95. The summed E-state index contributed by atoms with van der Waals surface area (Å²) in [6, 6.07) is 0. The first-order valence-electron chi connectivity index (χ1n) is 5.70. The van der Waals surface area contributed by atoms with E-state index in [1.807, 2.05) is 6.92 Å². The number of rotatable bonds is 4. The molecule has 3 nitrogen and oxygen atoms in total. The van der Waals surface area contributed by atoms with Crippen LogP contribution in [-0.2, 0) is 14.3 Å². The minimum atomic E-state index is -0.299. The first-order valence-corrected chi connectivity index (χ1v) is 5.70. The smallest absolute Gasteiger partial charge is 0.308 e. The van der Waals surface area contributed by atoms with Gasteiger partial charge in [-0.25, -0.2) is 0 Å². The van der Waals surface area contributed by atoms with Crippen LogP contribution < -0.4 is 0 Å². The summed E-state index contributed by atoms with van der Waals surface area (Å²) < 4.78 is 10.6. The van der Waals surface area contributed by atoms with E-state index >= 15 is 0 Å². The summed E-state index contributed by atoms with van der Waals surface area (Å²) in [6.45, 7) is 6.39. The molecular formula is C12H22O3. The van der Waals surface area contributed by atoms with Crippen molar-refractivity contribution in [2.45, 2.75) is 58.2 Å². The molecule has 2 atom stereocenters. The van der Waals surface area contributed by atoms with Crippen LogP contribution in [0.5, 0.6) is 0 Å². The molecule has 0 radical (unpaired) electrons. The van der Waals surface area contributed by atoms with Gasteiger partial charge in [0, 0.05) is 0 Å². The minimum Gasteiger partial charge on any atom is -0.469 e. The number of esters is 1. The Morgan fingerprint density at radius 1 is 1.60 bits per heavy atom. The zero-order valence-electron chi connectivity index (χ0n) is 10.2. The molecule has 1 aliphatic rings. The van der Waals surface area contributed by atoms with Gasteiger partial charge >= 0.3 is 5.97 Å². The van der Waals surface area contributed by atoms with Crippen LogP contribution in [0.4, 0.5) is 0 Å². The van der Waals surface area contributed by atoms with Gasteiger partial charge in [-0.05, 0) is 32.1 Å². The van der Waals surface area contributed by atoms with Crippen LogP contribution in [0.25, 0.3) is 0 Å². The molecule has 0 aliphatic carbocycles. The molecule has 1 saturated heterocycles. The van der Waals surface area contributed by atoms with Gasteiger partial charge in [0.25, 0.3) is 0 Å². The fraction of sp³-hybridized carbons (Fsp3) is 0.917. The van der Waals surface area contributed by atoms with Crippen molar-refractivity contribution in [3.63, 3.8) is 0 Å². The average Bonchev–Trinajstić information content (AvgIpc) is 2.46. The van der Waals surface area contributed by atoms with Crippen molar-refractivity contribution in [2.24, 2.45) is 5.92 Å². The molecule has 1 fully saturated rings. The lowest BCUT2D eigenvalue weighted by molar-refractivity contribution is -0.147. The van der Waals surface area contributed by atoms with Crippen molar-refractivity contribution in [1.29, 1.82) is 0 Å². The first kappa shape index (κ1) is 12.5. The van der Waals surface area contributed by atoms with Crippen LogP contribution in [0.1, 0.15) is 46.5 Å². The Morgan fingerprint density at radius 3 is 2.80 bits per heavy atom. The number of methoxy groups -OCH3 is 1. The van der Waals surface area contributed by atoms with E-state index < -0.39 is 0 Å². The van der Waals surface area contributed by atoms with Crippen LogP contribution in [0.3, 0.4) is 0 Å². The summed E-state index contributed by atoms with van der Waals surface area (Å²) >= 11 is 0. The summed E-state index contributed by atoms with van der Waals surface area (Å²) in [5.41, 5.74) is -0.299. The molecule has 0 saturated carbocycles. The Balaban J connectivity index is 2.42. The van der Waals surface area contributed by atoms with E-state index in [0.717, 1.165) is 19.3 Å². The Bertz CT molecular complexity index is 225. The molecule has 2 unspecified atom stereocenters. The Morgan fingerprint density at radius 2 is 2.27 bits per heavy atom. The van der Waals surface area contributed by atoms with Gasteiger partial charge in [-0.3, -0.25) is 4.79 Å². The van der Waals surface area contributed by atoms with Crippen LogP contribution in [0, 0.1) is 5.92 Å². The van der Waals surface area contributed by atoms with Gasteiger partial charge in [0.1, 0.15) is 0 Å². The van der Waals surface area contributed by atoms with Crippen molar-refractivity contribution in [2.75, 3.05) is 7.11 Å². The average molecular weight is 214 g/mol. The SMILES string of the molecule is COC(=O)CC1(C)CCC(CC(C)C)O1. The van der Waals surface area contributed by atoms with Crippen LogP contribution >= 0.6 is 0 Å². The predicted molar refractivity (Wildman–Crippen MR) is 58.6 cm³/mol. The molecule has 0 aromatic rings. The van der Waals surface area contributed by atoms with Crippen molar-refractivity contribution in [3.05, 3.63) is 0 Å². The maximum atomic E-state index is 11.2. The standard InChI is InChI=1S/C12H22O3/c1-9(2)7-10-5-6-12(3,15-10)8-11(13)14-4/h9-10H,5-8H2,1-4H3. The van der Waals surface area contributed by atoms with Crippen molar-refractivity contribution in [3.8, 4) is 0 Å². The number of ether oxygens (including phenoxy) is 2. The summed E-state index contributed by atoms with van der Waals surface area (Å²) in [7, 11) is 1.42. The van der Waals surface area contributed by atoms with Gasteiger partial charge in [0.05, 0.1) is 25.2 Å². The normalized spacial score (nSPS) is 30.9. The molecular weight excluding hydrogens is 192 g/mol. The zero-order chi connectivity index (χ0) is 11.5. The third-order valence-electron chi connectivity index (χ3n) is 2.93. The van der Waals surface area contributed by atoms with Gasteiger partial charge in [0.2, 0.25) is 0 Å². The van der Waals surface area contributed by atoms with E-state index in [1.165, 1.54) is 7.11 Å². The summed E-state index contributed by atoms with van der Waals surface area (Å²) in [5, 5.41) is 0. The quantitative estimate of drug-likeness (QED) is 0.675. The highest BCUT2D eigenvalue weighted by Crippen LogP contribution is 2.35. The molecule has 1 heterocycles. The molecule has 0 aromatic carbocycles. The molecule has 0 aromatic heterocycles. The molecule has 1 rings (SSSR count). The largest absolute Gasteiger partial charge is 0.469 e. The van der Waals surface area contributed by atoms with Crippen LogP contribution in [-0.4, -0.2) is 24.8 Å². The predicted octanol–water partition coefficient (Wildman–Crippen LogP) is 2.53. The molecule has 88 valence electrons. The Hall–Kier alpha value is -0.570. The highest BCUT2D eigenvalue weighted by Gasteiger charge is 2.38. The lowest BCUT2D eigenvalue weighted by atomic mass is 9.97. The number of hydrogen-bond acceptors (Lipinski definition) is 3. The van der Waals surface area contributed by atoms with Gasteiger partial charge in [-0.1, -0.05) is 13.8 Å². The van der Waals surface area contributed by atoms with E-state index in [9.17, 15) is 4.79 Å². The van der Waals surface area contributed by atoms with Gasteiger partial charge in [-0.2, -0.15) is 0 Å². The lowest BCUT2D eigenvalue weighted by Gasteiger charge is -2.24. The fourth-order valence-electron chi connectivity index (χ4n) is 2.19. The lowest BCUT2D eigenvalue weighted by Crippen LogP contribution is -2.29. The van der Waals surface area contributed by atoms with E-state index in [0.29, 0.717) is 18.4 Å². The monoisotopic (exact) mass is 214 g/mol. The third kappa shape index (κ3) is 3.82. The highest BCUT2D eigenvalue weighted by molar-refractivity contribution is 5.70.